The zero-order chi connectivity index (χ0) is 23.2. The predicted octanol–water partition coefficient (Wildman–Crippen LogP) is 7.00. The van der Waals surface area contributed by atoms with E-state index in [0.29, 0.717) is 0 Å². The summed E-state index contributed by atoms with van der Waals surface area (Å²) in [6, 6.07) is 24.0. The minimum Gasteiger partial charge on any atom is -0.327 e. The average Bonchev–Trinajstić information content (AvgIpc) is 3.44. The van der Waals surface area contributed by atoms with Crippen molar-refractivity contribution in [2.24, 2.45) is 0 Å². The summed E-state index contributed by atoms with van der Waals surface area (Å²) in [5, 5.41) is 5.20. The number of carbonyl (C=O) groups is 1. The van der Waals surface area contributed by atoms with E-state index < -0.39 is 0 Å². The molecule has 0 saturated heterocycles. The second kappa shape index (κ2) is 8.34. The lowest BCUT2D eigenvalue weighted by Crippen LogP contribution is -2.40. The summed E-state index contributed by atoms with van der Waals surface area (Å²) in [7, 11) is 0. The highest BCUT2D eigenvalue weighted by Crippen LogP contribution is 2.48. The van der Waals surface area contributed by atoms with E-state index in [0.717, 1.165) is 43.1 Å². The van der Waals surface area contributed by atoms with E-state index in [1.54, 1.807) is 23.1 Å². The number of aromatic nitrogens is 2. The van der Waals surface area contributed by atoms with Crippen LogP contribution in [0.3, 0.4) is 0 Å². The van der Waals surface area contributed by atoms with Gasteiger partial charge in [0.2, 0.25) is 5.91 Å². The molecule has 3 heterocycles. The Hall–Kier alpha value is -3.55. The van der Waals surface area contributed by atoms with Crippen LogP contribution < -0.4 is 10.2 Å². The molecule has 0 saturated carbocycles. The zero-order valence-electron chi connectivity index (χ0n) is 18.7. The van der Waals surface area contributed by atoms with Crippen LogP contribution in [0.4, 0.5) is 17.1 Å². The highest BCUT2D eigenvalue weighted by molar-refractivity contribution is 7.99. The Kier molecular flexibility index (Phi) is 5.16. The molecule has 0 aliphatic carbocycles. The average molecular weight is 483 g/mol. The number of fused-ring (bicyclic) bond motifs is 3. The third-order valence-electron chi connectivity index (χ3n) is 6.07. The summed E-state index contributed by atoms with van der Waals surface area (Å²) >= 11 is 3.38. The minimum atomic E-state index is -0.384. The highest BCUT2D eigenvalue weighted by Gasteiger charge is 2.30. The van der Waals surface area contributed by atoms with Gasteiger partial charge in [0.05, 0.1) is 17.1 Å². The van der Waals surface area contributed by atoms with Crippen molar-refractivity contribution in [3.8, 4) is 11.3 Å². The molecule has 0 spiro atoms. The van der Waals surface area contributed by atoms with Gasteiger partial charge in [-0.3, -0.25) is 9.20 Å². The van der Waals surface area contributed by atoms with Crippen LogP contribution in [0.25, 0.3) is 16.2 Å². The van der Waals surface area contributed by atoms with Crippen molar-refractivity contribution in [3.63, 3.8) is 0 Å². The van der Waals surface area contributed by atoms with Gasteiger partial charge < -0.3 is 10.2 Å². The second-order valence-corrected chi connectivity index (χ2v) is 10.2. The summed E-state index contributed by atoms with van der Waals surface area (Å²) in [5.41, 5.74) is 6.01. The van der Waals surface area contributed by atoms with Crippen molar-refractivity contribution in [3.05, 3.63) is 90.1 Å². The van der Waals surface area contributed by atoms with Gasteiger partial charge in [0.1, 0.15) is 6.04 Å². The van der Waals surface area contributed by atoms with Crippen LogP contribution in [0, 0.1) is 6.92 Å². The van der Waals surface area contributed by atoms with Crippen LogP contribution in [0.1, 0.15) is 12.6 Å². The number of hydrogen-bond acceptors (Lipinski definition) is 5. The van der Waals surface area contributed by atoms with E-state index in [-0.39, 0.29) is 11.9 Å². The monoisotopic (exact) mass is 482 g/mol. The van der Waals surface area contributed by atoms with Crippen LogP contribution in [0.5, 0.6) is 0 Å². The Morgan fingerprint density at radius 1 is 0.941 bits per heavy atom. The van der Waals surface area contributed by atoms with Crippen LogP contribution in [0.2, 0.25) is 0 Å². The number of carbonyl (C=O) groups excluding carboxylic acids is 1. The van der Waals surface area contributed by atoms with Gasteiger partial charge in [-0.1, -0.05) is 48.2 Å². The third-order valence-corrected chi connectivity index (χ3v) is 8.16. The molecule has 1 aliphatic rings. The van der Waals surface area contributed by atoms with Gasteiger partial charge >= 0.3 is 0 Å². The van der Waals surface area contributed by atoms with Crippen molar-refractivity contribution in [1.82, 2.24) is 9.38 Å². The first-order chi connectivity index (χ1) is 16.6. The third kappa shape index (κ3) is 3.57. The predicted molar refractivity (Wildman–Crippen MR) is 140 cm³/mol. The minimum absolute atomic E-state index is 0.0533. The summed E-state index contributed by atoms with van der Waals surface area (Å²) in [4.78, 5) is 23.5. The molecular weight excluding hydrogens is 460 g/mol. The molecule has 1 atom stereocenters. The number of amides is 1. The first-order valence-corrected chi connectivity index (χ1v) is 12.8. The highest BCUT2D eigenvalue weighted by atomic mass is 32.2. The number of nitrogens with one attached hydrogen (secondary N) is 1. The molecule has 0 radical (unpaired) electrons. The van der Waals surface area contributed by atoms with Crippen LogP contribution in [0.15, 0.2) is 94.2 Å². The number of nitrogens with zero attached hydrogens (tertiary/aromatic N) is 3. The topological polar surface area (TPSA) is 49.6 Å². The molecule has 1 unspecified atom stereocenters. The standard InChI is InChI=1S/C27H22N4OS2/c1-17-16-33-27-29-21(15-30(17)27)19-11-13-20(14-12-19)28-26(32)18(2)31-22-7-3-5-9-24(22)34-25-10-6-4-8-23(25)31/h3-16,18H,1-2H3,(H,28,32). The van der Waals surface area contributed by atoms with Crippen LogP contribution in [-0.4, -0.2) is 21.3 Å². The quantitative estimate of drug-likeness (QED) is 0.300. The lowest BCUT2D eigenvalue weighted by atomic mass is 10.1. The van der Waals surface area contributed by atoms with Gasteiger partial charge in [0.15, 0.2) is 4.96 Å². The molecule has 168 valence electrons. The van der Waals surface area contributed by atoms with Gasteiger partial charge in [0.25, 0.3) is 0 Å². The summed E-state index contributed by atoms with van der Waals surface area (Å²) in [5.74, 6) is -0.0533. The van der Waals surface area contributed by atoms with E-state index >= 15 is 0 Å². The SMILES string of the molecule is Cc1csc2nc(-c3ccc(NC(=O)C(C)N4c5ccccc5Sc5ccccc54)cc3)cn12. The molecule has 0 fully saturated rings. The van der Waals surface area contributed by atoms with Gasteiger partial charge in [-0.05, 0) is 50.2 Å². The molecule has 1 N–H and O–H groups in total. The van der Waals surface area contributed by atoms with E-state index in [9.17, 15) is 4.79 Å². The van der Waals surface area contributed by atoms with E-state index in [1.165, 1.54) is 5.69 Å². The number of para-hydroxylation sites is 2. The molecule has 34 heavy (non-hydrogen) atoms. The molecule has 7 heteroatoms. The summed E-state index contributed by atoms with van der Waals surface area (Å²) < 4.78 is 2.10. The Morgan fingerprint density at radius 3 is 2.24 bits per heavy atom. The van der Waals surface area contributed by atoms with Crippen LogP contribution >= 0.6 is 23.1 Å². The molecule has 5 nitrogen and oxygen atoms in total. The van der Waals surface area contributed by atoms with Gasteiger partial charge in [-0.25, -0.2) is 4.98 Å². The number of aryl methyl sites for hydroxylation is 1. The van der Waals surface area contributed by atoms with Crippen LogP contribution in [-0.2, 0) is 4.79 Å². The fourth-order valence-corrected chi connectivity index (χ4v) is 6.19. The second-order valence-electron chi connectivity index (χ2n) is 8.31. The fourth-order valence-electron chi connectivity index (χ4n) is 4.27. The maximum atomic E-state index is 13.3. The number of anilines is 3. The number of thiazole rings is 1. The number of rotatable bonds is 4. The van der Waals surface area contributed by atoms with E-state index in [4.69, 9.17) is 4.98 Å². The summed E-state index contributed by atoms with van der Waals surface area (Å²) in [6.45, 7) is 4.03. The van der Waals surface area contributed by atoms with E-state index in [2.05, 4.69) is 57.4 Å². The molecule has 3 aromatic carbocycles. The maximum Gasteiger partial charge on any atom is 0.247 e. The maximum absolute atomic E-state index is 13.3. The number of imidazole rings is 1. The lowest BCUT2D eigenvalue weighted by molar-refractivity contribution is -0.117. The Bertz CT molecular complexity index is 1470. The zero-order valence-corrected chi connectivity index (χ0v) is 20.4. The fraction of sp³-hybridized carbons (Fsp3) is 0.111. The smallest absolute Gasteiger partial charge is 0.247 e. The van der Waals surface area contributed by atoms with Crippen molar-refractivity contribution < 1.29 is 4.79 Å². The number of hydrogen-bond donors (Lipinski definition) is 1. The molecule has 2 aromatic heterocycles. The van der Waals surface area contributed by atoms with Crippen molar-refractivity contribution in [1.29, 1.82) is 0 Å². The Labute approximate surface area is 206 Å². The normalized spacial score (nSPS) is 13.4. The molecule has 0 bridgehead atoms. The lowest BCUT2D eigenvalue weighted by Gasteiger charge is -2.36. The van der Waals surface area contributed by atoms with Gasteiger partial charge in [-0.2, -0.15) is 0 Å². The molecule has 1 aliphatic heterocycles. The Balaban J connectivity index is 1.24. The molecule has 6 rings (SSSR count). The molecule has 1 amide bonds. The molecule has 5 aromatic rings. The first kappa shape index (κ1) is 21.0. The largest absolute Gasteiger partial charge is 0.327 e. The van der Waals surface area contributed by atoms with Gasteiger partial charge in [0, 0.05) is 38.3 Å². The summed E-state index contributed by atoms with van der Waals surface area (Å²) in [6.07, 6.45) is 2.06. The van der Waals surface area contributed by atoms with Crippen molar-refractivity contribution in [2.45, 2.75) is 29.7 Å². The number of benzene rings is 3. The molecular formula is C27H22N4OS2. The Morgan fingerprint density at radius 2 is 1.59 bits per heavy atom. The van der Waals surface area contributed by atoms with Crippen molar-refractivity contribution in [2.75, 3.05) is 10.2 Å². The van der Waals surface area contributed by atoms with E-state index in [1.807, 2.05) is 55.5 Å². The van der Waals surface area contributed by atoms with Crippen molar-refractivity contribution >= 4 is 51.0 Å². The first-order valence-electron chi connectivity index (χ1n) is 11.1. The van der Waals surface area contributed by atoms with Gasteiger partial charge in [-0.15, -0.1) is 11.3 Å².